The Labute approximate surface area is 218 Å². The number of nitrogens with zero attached hydrogens (tertiary/aromatic N) is 3. The maximum Gasteiger partial charge on any atom is 0.271 e. The average molecular weight is 521 g/mol. The quantitative estimate of drug-likeness (QED) is 0.352. The molecule has 3 heterocycles. The fourth-order valence-corrected chi connectivity index (χ4v) is 5.46. The smallest absolute Gasteiger partial charge is 0.271 e. The summed E-state index contributed by atoms with van der Waals surface area (Å²) in [7, 11) is 0. The number of rotatable bonds is 6. The highest BCUT2D eigenvalue weighted by atomic mass is 35.5. The summed E-state index contributed by atoms with van der Waals surface area (Å²) in [5.41, 5.74) is 3.36. The lowest BCUT2D eigenvalue weighted by atomic mass is 9.96. The summed E-state index contributed by atoms with van der Waals surface area (Å²) >= 11 is 7.41. The van der Waals surface area contributed by atoms with Gasteiger partial charge in [0, 0.05) is 41.5 Å². The number of aryl methyl sites for hydroxylation is 1. The van der Waals surface area contributed by atoms with E-state index in [-0.39, 0.29) is 17.7 Å². The average Bonchev–Trinajstić information content (AvgIpc) is 3.56. The number of carbonyl (C=O) groups is 2. The van der Waals surface area contributed by atoms with Crippen molar-refractivity contribution in [2.24, 2.45) is 0 Å². The SMILES string of the molecule is Cc1onc(-c2ccccc2)c1C(=O)N1CCC(c2nc(C(=O)NCc3ccc(Cl)cc3)cs2)CC1. The molecule has 0 radical (unpaired) electrons. The van der Waals surface area contributed by atoms with Gasteiger partial charge in [0.05, 0.1) is 5.01 Å². The summed E-state index contributed by atoms with van der Waals surface area (Å²) in [6.45, 7) is 3.41. The van der Waals surface area contributed by atoms with E-state index in [2.05, 4.69) is 15.5 Å². The third-order valence-electron chi connectivity index (χ3n) is 6.38. The topological polar surface area (TPSA) is 88.3 Å². The lowest BCUT2D eigenvalue weighted by molar-refractivity contribution is 0.0711. The van der Waals surface area contributed by atoms with Gasteiger partial charge < -0.3 is 14.7 Å². The van der Waals surface area contributed by atoms with Gasteiger partial charge in [-0.15, -0.1) is 11.3 Å². The minimum absolute atomic E-state index is 0.0625. The molecule has 0 spiro atoms. The number of hydrogen-bond donors (Lipinski definition) is 1. The first-order chi connectivity index (χ1) is 17.5. The van der Waals surface area contributed by atoms with Crippen LogP contribution in [0.25, 0.3) is 11.3 Å². The Kier molecular flexibility index (Phi) is 7.16. The van der Waals surface area contributed by atoms with E-state index in [0.29, 0.717) is 47.4 Å². The summed E-state index contributed by atoms with van der Waals surface area (Å²) in [4.78, 5) is 32.4. The monoisotopic (exact) mass is 520 g/mol. The van der Waals surface area contributed by atoms with Crippen LogP contribution in [0.3, 0.4) is 0 Å². The Morgan fingerprint density at radius 1 is 1.11 bits per heavy atom. The van der Waals surface area contributed by atoms with Crippen molar-refractivity contribution in [2.75, 3.05) is 13.1 Å². The second-order valence-corrected chi connectivity index (χ2v) is 10.1. The standard InChI is InChI=1S/C27H25ClN4O3S/c1-17-23(24(31-35-17)19-5-3-2-4-6-19)27(34)32-13-11-20(12-14-32)26-30-22(16-36-26)25(33)29-15-18-7-9-21(28)10-8-18/h2-10,16,20H,11-15H2,1H3,(H,29,33). The first-order valence-electron chi connectivity index (χ1n) is 11.8. The number of likely N-dealkylation sites (tertiary alicyclic amines) is 1. The normalized spacial score (nSPS) is 14.1. The van der Waals surface area contributed by atoms with Crippen molar-refractivity contribution in [1.29, 1.82) is 0 Å². The Balaban J connectivity index is 1.19. The molecule has 2 amide bonds. The molecule has 2 aromatic heterocycles. The molecule has 0 bridgehead atoms. The highest BCUT2D eigenvalue weighted by Crippen LogP contribution is 2.33. The predicted molar refractivity (Wildman–Crippen MR) is 139 cm³/mol. The van der Waals surface area contributed by atoms with Crippen LogP contribution in [0.2, 0.25) is 5.02 Å². The van der Waals surface area contributed by atoms with Gasteiger partial charge >= 0.3 is 0 Å². The van der Waals surface area contributed by atoms with Gasteiger partial charge in [0.2, 0.25) is 0 Å². The first kappa shape index (κ1) is 24.2. The van der Waals surface area contributed by atoms with Crippen LogP contribution < -0.4 is 5.32 Å². The summed E-state index contributed by atoms with van der Waals surface area (Å²) in [5, 5.41) is 10.5. The van der Waals surface area contributed by atoms with Crippen molar-refractivity contribution in [3.63, 3.8) is 0 Å². The summed E-state index contributed by atoms with van der Waals surface area (Å²) in [5.74, 6) is 0.480. The van der Waals surface area contributed by atoms with E-state index >= 15 is 0 Å². The third kappa shape index (κ3) is 5.20. The maximum atomic E-state index is 13.4. The molecule has 0 saturated carbocycles. The number of hydrogen-bond acceptors (Lipinski definition) is 6. The van der Waals surface area contributed by atoms with Crippen LogP contribution >= 0.6 is 22.9 Å². The number of halogens is 1. The molecule has 0 atom stereocenters. The van der Waals surface area contributed by atoms with Crippen LogP contribution in [-0.2, 0) is 6.54 Å². The van der Waals surface area contributed by atoms with Gasteiger partial charge in [-0.1, -0.05) is 59.2 Å². The molecule has 2 aromatic carbocycles. The van der Waals surface area contributed by atoms with Crippen molar-refractivity contribution in [3.05, 3.63) is 92.6 Å². The van der Waals surface area contributed by atoms with Crippen LogP contribution in [0.15, 0.2) is 64.5 Å². The van der Waals surface area contributed by atoms with E-state index in [1.165, 1.54) is 11.3 Å². The van der Waals surface area contributed by atoms with Gasteiger partial charge in [0.15, 0.2) is 0 Å². The van der Waals surface area contributed by atoms with E-state index in [4.69, 9.17) is 16.1 Å². The van der Waals surface area contributed by atoms with Crippen molar-refractivity contribution < 1.29 is 14.1 Å². The number of benzene rings is 2. The number of thiazole rings is 1. The Hall–Kier alpha value is -3.49. The van der Waals surface area contributed by atoms with Crippen LogP contribution in [0.1, 0.15) is 55.9 Å². The van der Waals surface area contributed by atoms with Crippen LogP contribution in [0, 0.1) is 6.92 Å². The molecule has 1 N–H and O–H groups in total. The first-order valence-corrected chi connectivity index (χ1v) is 13.0. The van der Waals surface area contributed by atoms with Gasteiger partial charge in [-0.3, -0.25) is 9.59 Å². The number of piperidine rings is 1. The molecule has 1 aliphatic heterocycles. The zero-order chi connectivity index (χ0) is 25.1. The van der Waals surface area contributed by atoms with Gasteiger partial charge in [-0.2, -0.15) is 0 Å². The van der Waals surface area contributed by atoms with Gasteiger partial charge in [0.25, 0.3) is 11.8 Å². The van der Waals surface area contributed by atoms with E-state index in [0.717, 1.165) is 29.0 Å². The van der Waals surface area contributed by atoms with Crippen molar-refractivity contribution in [2.45, 2.75) is 32.2 Å². The van der Waals surface area contributed by atoms with Gasteiger partial charge in [-0.25, -0.2) is 4.98 Å². The highest BCUT2D eigenvalue weighted by Gasteiger charge is 2.30. The van der Waals surface area contributed by atoms with Gasteiger partial charge in [0.1, 0.15) is 22.7 Å². The van der Waals surface area contributed by atoms with Crippen molar-refractivity contribution in [3.8, 4) is 11.3 Å². The Bertz CT molecular complexity index is 1360. The zero-order valence-electron chi connectivity index (χ0n) is 19.7. The molecule has 1 fully saturated rings. The summed E-state index contributed by atoms with van der Waals surface area (Å²) in [6, 6.07) is 17.0. The van der Waals surface area contributed by atoms with E-state index in [9.17, 15) is 9.59 Å². The molecule has 1 saturated heterocycles. The third-order valence-corrected chi connectivity index (χ3v) is 7.64. The van der Waals surface area contributed by atoms with E-state index in [1.807, 2.05) is 47.4 Å². The molecular weight excluding hydrogens is 496 g/mol. The lowest BCUT2D eigenvalue weighted by Gasteiger charge is -2.31. The number of amides is 2. The highest BCUT2D eigenvalue weighted by molar-refractivity contribution is 7.09. The molecule has 36 heavy (non-hydrogen) atoms. The summed E-state index contributed by atoms with van der Waals surface area (Å²) in [6.07, 6.45) is 1.58. The van der Waals surface area contributed by atoms with Crippen LogP contribution in [-0.4, -0.2) is 39.9 Å². The molecule has 0 unspecified atom stereocenters. The second kappa shape index (κ2) is 10.6. The molecule has 4 aromatic rings. The lowest BCUT2D eigenvalue weighted by Crippen LogP contribution is -2.38. The minimum atomic E-state index is -0.198. The van der Waals surface area contributed by atoms with Crippen molar-refractivity contribution >= 4 is 34.8 Å². The molecule has 5 rings (SSSR count). The van der Waals surface area contributed by atoms with Crippen LogP contribution in [0.5, 0.6) is 0 Å². The molecule has 1 aliphatic rings. The number of nitrogens with one attached hydrogen (secondary N) is 1. The van der Waals surface area contributed by atoms with E-state index in [1.54, 1.807) is 24.4 Å². The van der Waals surface area contributed by atoms with Crippen molar-refractivity contribution in [1.82, 2.24) is 20.4 Å². The van der Waals surface area contributed by atoms with Gasteiger partial charge in [-0.05, 0) is 37.5 Å². The minimum Gasteiger partial charge on any atom is -0.360 e. The largest absolute Gasteiger partial charge is 0.360 e. The predicted octanol–water partition coefficient (Wildman–Crippen LogP) is 5.71. The molecule has 184 valence electrons. The molecular formula is C27H25ClN4O3S. The second-order valence-electron chi connectivity index (χ2n) is 8.77. The van der Waals surface area contributed by atoms with Crippen LogP contribution in [0.4, 0.5) is 0 Å². The Morgan fingerprint density at radius 3 is 2.56 bits per heavy atom. The summed E-state index contributed by atoms with van der Waals surface area (Å²) < 4.78 is 5.38. The fourth-order valence-electron chi connectivity index (χ4n) is 4.36. The Morgan fingerprint density at radius 2 is 1.83 bits per heavy atom. The molecule has 0 aliphatic carbocycles. The number of aromatic nitrogens is 2. The maximum absolute atomic E-state index is 13.4. The fraction of sp³-hybridized carbons (Fsp3) is 0.259. The number of carbonyl (C=O) groups excluding carboxylic acids is 2. The van der Waals surface area contributed by atoms with E-state index < -0.39 is 0 Å². The molecule has 9 heteroatoms. The molecule has 7 nitrogen and oxygen atoms in total. The zero-order valence-corrected chi connectivity index (χ0v) is 21.3.